The minimum absolute atomic E-state index is 0.344. The van der Waals surface area contributed by atoms with Crippen molar-refractivity contribution in [2.24, 2.45) is 0 Å². The number of carbonyl (C=O) groups excluding carboxylic acids is 1. The highest BCUT2D eigenvalue weighted by molar-refractivity contribution is 5.97. The van der Waals surface area contributed by atoms with Crippen molar-refractivity contribution in [3.05, 3.63) is 36.2 Å². The van der Waals surface area contributed by atoms with Gasteiger partial charge in [-0.2, -0.15) is 0 Å². The van der Waals surface area contributed by atoms with Crippen LogP contribution in [0.25, 0.3) is 0 Å². The fraction of sp³-hybridized carbons (Fsp3) is 0.421. The number of nitrogen functional groups attached to an aromatic ring is 1. The number of nitrogens with one attached hydrogen (secondary N) is 3. The lowest BCUT2D eigenvalue weighted by Crippen LogP contribution is -2.31. The molecule has 1 fully saturated rings. The zero-order valence-corrected chi connectivity index (χ0v) is 15.5. The maximum atomic E-state index is 12.4. The van der Waals surface area contributed by atoms with Gasteiger partial charge in [-0.1, -0.05) is 37.8 Å². The quantitative estimate of drug-likeness (QED) is 0.456. The third-order valence-corrected chi connectivity index (χ3v) is 4.73. The molecule has 8 heteroatoms. The maximum absolute atomic E-state index is 12.4. The molecule has 0 spiro atoms. The van der Waals surface area contributed by atoms with E-state index in [1.165, 1.54) is 39.1 Å². The van der Waals surface area contributed by atoms with Gasteiger partial charge in [0.2, 0.25) is 0 Å². The van der Waals surface area contributed by atoms with Gasteiger partial charge in [-0.05, 0) is 25.0 Å². The molecule has 27 heavy (non-hydrogen) atoms. The molecule has 0 saturated heterocycles. The molecule has 144 valence electrons. The molecular weight excluding hydrogens is 344 g/mol. The van der Waals surface area contributed by atoms with Crippen LogP contribution < -0.4 is 26.6 Å². The van der Waals surface area contributed by atoms with Gasteiger partial charge in [0.1, 0.15) is 17.8 Å². The van der Waals surface area contributed by atoms with Gasteiger partial charge in [0.15, 0.2) is 11.6 Å². The van der Waals surface area contributed by atoms with Crippen LogP contribution in [-0.2, 0) is 0 Å². The van der Waals surface area contributed by atoms with Gasteiger partial charge in [-0.15, -0.1) is 0 Å². The van der Waals surface area contributed by atoms with Gasteiger partial charge in [0, 0.05) is 6.04 Å². The van der Waals surface area contributed by atoms with Crippen LogP contribution in [-0.4, -0.2) is 29.0 Å². The third kappa shape index (κ3) is 4.78. The summed E-state index contributed by atoms with van der Waals surface area (Å²) in [6.07, 6.45) is 8.62. The van der Waals surface area contributed by atoms with Crippen LogP contribution in [0.2, 0.25) is 0 Å². The first-order chi connectivity index (χ1) is 13.2. The van der Waals surface area contributed by atoms with Gasteiger partial charge in [-0.25, -0.2) is 9.97 Å². The predicted molar refractivity (Wildman–Crippen MR) is 106 cm³/mol. The highest BCUT2D eigenvalue weighted by Crippen LogP contribution is 2.26. The molecule has 2 aromatic rings. The van der Waals surface area contributed by atoms with E-state index < -0.39 is 0 Å². The number of para-hydroxylation sites is 1. The van der Waals surface area contributed by atoms with Gasteiger partial charge in [-0.3, -0.25) is 15.6 Å². The Bertz CT molecular complexity index is 775. The number of ether oxygens (including phenoxy) is 1. The average Bonchev–Trinajstić information content (AvgIpc) is 2.97. The molecule has 1 aliphatic rings. The molecule has 8 nitrogen and oxygen atoms in total. The van der Waals surface area contributed by atoms with Crippen LogP contribution >= 0.6 is 0 Å². The standard InChI is InChI=1S/C19H26N6O2/c1-27-15-11-7-6-10-14(15)19(26)25-24-18-16(20)17(21-12-22-18)23-13-8-4-2-3-5-9-13/h6-7,10-13H,2-5,8-9,20H2,1H3,(H,25,26)(H2,21,22,23,24). The Kier molecular flexibility index (Phi) is 6.30. The monoisotopic (exact) mass is 370 g/mol. The van der Waals surface area contributed by atoms with Crippen molar-refractivity contribution < 1.29 is 9.53 Å². The Morgan fingerprint density at radius 1 is 1.11 bits per heavy atom. The summed E-state index contributed by atoms with van der Waals surface area (Å²) in [7, 11) is 1.52. The van der Waals surface area contributed by atoms with E-state index in [9.17, 15) is 4.79 Å². The Hall–Kier alpha value is -3.03. The zero-order chi connectivity index (χ0) is 19.1. The van der Waals surface area contributed by atoms with Crippen LogP contribution in [0.3, 0.4) is 0 Å². The number of anilines is 3. The van der Waals surface area contributed by atoms with E-state index >= 15 is 0 Å². The summed E-state index contributed by atoms with van der Waals surface area (Å²) in [5, 5.41) is 3.42. The smallest absolute Gasteiger partial charge is 0.273 e. The van der Waals surface area contributed by atoms with E-state index in [1.54, 1.807) is 24.3 Å². The lowest BCUT2D eigenvalue weighted by Gasteiger charge is -2.19. The number of methoxy groups -OCH3 is 1. The number of amides is 1. The molecule has 1 amide bonds. The molecular formula is C19H26N6O2. The molecule has 0 unspecified atom stereocenters. The lowest BCUT2D eigenvalue weighted by molar-refractivity contribution is 0.0959. The van der Waals surface area contributed by atoms with E-state index in [0.29, 0.717) is 34.7 Å². The maximum Gasteiger partial charge on any atom is 0.273 e. The van der Waals surface area contributed by atoms with Crippen molar-refractivity contribution >= 4 is 23.2 Å². The van der Waals surface area contributed by atoms with Gasteiger partial charge in [0.05, 0.1) is 12.7 Å². The number of nitrogens with two attached hydrogens (primary N) is 1. The first-order valence-corrected chi connectivity index (χ1v) is 9.25. The van der Waals surface area contributed by atoms with Crippen molar-refractivity contribution in [1.82, 2.24) is 15.4 Å². The summed E-state index contributed by atoms with van der Waals surface area (Å²) in [6, 6.07) is 7.34. The summed E-state index contributed by atoms with van der Waals surface area (Å²) in [5.74, 6) is 1.09. The summed E-state index contributed by atoms with van der Waals surface area (Å²) in [5.41, 5.74) is 12.4. The Labute approximate surface area is 158 Å². The van der Waals surface area contributed by atoms with Crippen LogP contribution in [0.15, 0.2) is 30.6 Å². The number of carbonyl (C=O) groups is 1. The number of benzene rings is 1. The van der Waals surface area contributed by atoms with E-state index in [4.69, 9.17) is 10.5 Å². The molecule has 3 rings (SSSR count). The van der Waals surface area contributed by atoms with Crippen LogP contribution in [0.1, 0.15) is 48.9 Å². The molecule has 0 atom stereocenters. The van der Waals surface area contributed by atoms with Crippen molar-refractivity contribution in [2.45, 2.75) is 44.6 Å². The number of aromatic nitrogens is 2. The lowest BCUT2D eigenvalue weighted by atomic mass is 10.1. The number of hydrazine groups is 1. The SMILES string of the molecule is COc1ccccc1C(=O)NNc1ncnc(NC2CCCCCC2)c1N. The summed E-state index contributed by atoms with van der Waals surface area (Å²) < 4.78 is 5.21. The summed E-state index contributed by atoms with van der Waals surface area (Å²) >= 11 is 0. The summed E-state index contributed by atoms with van der Waals surface area (Å²) in [6.45, 7) is 0. The number of hydrogen-bond acceptors (Lipinski definition) is 7. The first kappa shape index (κ1) is 18.8. The molecule has 1 aliphatic carbocycles. The molecule has 1 aromatic heterocycles. The van der Waals surface area contributed by atoms with Crippen molar-refractivity contribution in [2.75, 3.05) is 23.6 Å². The second-order valence-electron chi connectivity index (χ2n) is 6.60. The molecule has 1 aromatic carbocycles. The van der Waals surface area contributed by atoms with Crippen LogP contribution in [0, 0.1) is 0 Å². The second-order valence-corrected chi connectivity index (χ2v) is 6.60. The highest BCUT2D eigenvalue weighted by atomic mass is 16.5. The molecule has 1 saturated carbocycles. The van der Waals surface area contributed by atoms with Gasteiger partial charge < -0.3 is 15.8 Å². The molecule has 1 heterocycles. The zero-order valence-electron chi connectivity index (χ0n) is 15.5. The van der Waals surface area contributed by atoms with E-state index in [1.807, 2.05) is 0 Å². The minimum atomic E-state index is -0.344. The number of nitrogens with zero attached hydrogens (tertiary/aromatic N) is 2. The predicted octanol–water partition coefficient (Wildman–Crippen LogP) is 2.96. The van der Waals surface area contributed by atoms with Crippen molar-refractivity contribution in [3.8, 4) is 5.75 Å². The van der Waals surface area contributed by atoms with E-state index in [-0.39, 0.29) is 5.91 Å². The van der Waals surface area contributed by atoms with Crippen molar-refractivity contribution in [1.29, 1.82) is 0 Å². The van der Waals surface area contributed by atoms with Crippen LogP contribution in [0.4, 0.5) is 17.3 Å². The summed E-state index contributed by atoms with van der Waals surface area (Å²) in [4.78, 5) is 20.8. The molecule has 5 N–H and O–H groups in total. The first-order valence-electron chi connectivity index (χ1n) is 9.25. The van der Waals surface area contributed by atoms with Gasteiger partial charge in [0.25, 0.3) is 5.91 Å². The topological polar surface area (TPSA) is 114 Å². The fourth-order valence-electron chi connectivity index (χ4n) is 3.24. The van der Waals surface area contributed by atoms with Gasteiger partial charge >= 0.3 is 0 Å². The Morgan fingerprint density at radius 2 is 1.81 bits per heavy atom. The normalized spacial score (nSPS) is 14.9. The Morgan fingerprint density at radius 3 is 2.56 bits per heavy atom. The average molecular weight is 370 g/mol. The van der Waals surface area contributed by atoms with E-state index in [0.717, 1.165) is 12.8 Å². The van der Waals surface area contributed by atoms with E-state index in [2.05, 4.69) is 26.1 Å². The highest BCUT2D eigenvalue weighted by Gasteiger charge is 2.16. The number of rotatable bonds is 6. The van der Waals surface area contributed by atoms with Crippen molar-refractivity contribution in [3.63, 3.8) is 0 Å². The van der Waals surface area contributed by atoms with Crippen LogP contribution in [0.5, 0.6) is 5.75 Å². The fourth-order valence-corrected chi connectivity index (χ4v) is 3.24. The molecule has 0 bridgehead atoms. The number of hydrogen-bond donors (Lipinski definition) is 4. The third-order valence-electron chi connectivity index (χ3n) is 4.73. The minimum Gasteiger partial charge on any atom is -0.496 e. The largest absolute Gasteiger partial charge is 0.496 e. The Balaban J connectivity index is 1.66. The molecule has 0 aliphatic heterocycles. The molecule has 0 radical (unpaired) electrons. The second kappa shape index (κ2) is 9.07.